The number of benzene rings is 6. The van der Waals surface area contributed by atoms with Gasteiger partial charge in [-0.05, 0) is 80.5 Å². The number of hydrogen-bond acceptors (Lipinski definition) is 3. The summed E-state index contributed by atoms with van der Waals surface area (Å²) in [4.78, 5) is 10.6. The van der Waals surface area contributed by atoms with Gasteiger partial charge >= 0.3 is 0 Å². The lowest BCUT2D eigenvalue weighted by molar-refractivity contribution is 0.446. The van der Waals surface area contributed by atoms with Crippen LogP contribution in [-0.4, -0.2) is 19.6 Å². The largest absolute Gasteiger partial charge is 0.507 e. The van der Waals surface area contributed by atoms with E-state index in [1.165, 1.54) is 5.56 Å². The number of pyridine rings is 1. The molecule has 0 amide bonds. The molecule has 0 radical (unpaired) electrons. The van der Waals surface area contributed by atoms with Crippen LogP contribution >= 0.6 is 0 Å². The van der Waals surface area contributed by atoms with E-state index in [0.717, 1.165) is 72.5 Å². The van der Waals surface area contributed by atoms with Crippen LogP contribution in [0.2, 0.25) is 0 Å². The van der Waals surface area contributed by atoms with Crippen molar-refractivity contribution in [1.82, 2.24) is 14.5 Å². The fourth-order valence-corrected chi connectivity index (χ4v) is 7.83. The highest BCUT2D eigenvalue weighted by Gasteiger charge is 2.29. The second-order valence-electron chi connectivity index (χ2n) is 18.6. The summed E-state index contributed by atoms with van der Waals surface area (Å²) in [6.07, 6.45) is 1.97. The molecule has 2 aromatic heterocycles. The third-order valence-electron chi connectivity index (χ3n) is 11.2. The van der Waals surface area contributed by atoms with Crippen LogP contribution in [0.5, 0.6) is 5.75 Å². The lowest BCUT2D eigenvalue weighted by Gasteiger charge is -2.27. The second kappa shape index (κ2) is 14.6. The van der Waals surface area contributed by atoms with Crippen LogP contribution in [0.1, 0.15) is 79.0 Å². The summed E-state index contributed by atoms with van der Waals surface area (Å²) in [6, 6.07) is 51.3. The highest BCUT2D eigenvalue weighted by Crippen LogP contribution is 2.45. The molecule has 8 rings (SSSR count). The van der Waals surface area contributed by atoms with E-state index in [0.29, 0.717) is 11.4 Å². The predicted molar refractivity (Wildman–Crippen MR) is 244 cm³/mol. The lowest BCUT2D eigenvalue weighted by atomic mass is 9.79. The van der Waals surface area contributed by atoms with Gasteiger partial charge in [0.25, 0.3) is 0 Å². The van der Waals surface area contributed by atoms with Crippen LogP contribution in [0.15, 0.2) is 152 Å². The molecule has 0 aliphatic carbocycles. The van der Waals surface area contributed by atoms with Crippen molar-refractivity contribution in [3.8, 4) is 67.5 Å². The van der Waals surface area contributed by atoms with Crippen LogP contribution in [-0.2, 0) is 16.2 Å². The number of phenolic OH excluding ortho intramolecular Hbond substituents is 1. The molecule has 2 heterocycles. The molecular formula is C54H53N3O. The van der Waals surface area contributed by atoms with Crippen molar-refractivity contribution in [3.05, 3.63) is 168 Å². The van der Waals surface area contributed by atoms with E-state index in [-0.39, 0.29) is 22.0 Å². The van der Waals surface area contributed by atoms with Crippen molar-refractivity contribution in [2.45, 2.75) is 78.6 Å². The van der Waals surface area contributed by atoms with Gasteiger partial charge in [0.05, 0.1) is 28.0 Å². The Labute approximate surface area is 343 Å². The summed E-state index contributed by atoms with van der Waals surface area (Å²) < 4.78 is 2.26. The number of aromatic nitrogens is 3. The van der Waals surface area contributed by atoms with Crippen LogP contribution in [0.25, 0.3) is 72.7 Å². The molecule has 0 fully saturated rings. The Morgan fingerprint density at radius 1 is 0.466 bits per heavy atom. The smallest absolute Gasteiger partial charge is 0.149 e. The Hall–Kier alpha value is -6.26. The van der Waals surface area contributed by atoms with Gasteiger partial charge in [-0.2, -0.15) is 0 Å². The zero-order chi connectivity index (χ0) is 41.0. The zero-order valence-corrected chi connectivity index (χ0v) is 35.2. The maximum Gasteiger partial charge on any atom is 0.149 e. The first-order valence-corrected chi connectivity index (χ1v) is 20.3. The Kier molecular flexibility index (Phi) is 9.72. The van der Waals surface area contributed by atoms with E-state index in [1.807, 2.05) is 18.3 Å². The van der Waals surface area contributed by atoms with Crippen LogP contribution in [0.4, 0.5) is 0 Å². The predicted octanol–water partition coefficient (Wildman–Crippen LogP) is 14.4. The Bertz CT molecular complexity index is 2760. The molecule has 290 valence electrons. The second-order valence-corrected chi connectivity index (χ2v) is 18.6. The van der Waals surface area contributed by atoms with E-state index < -0.39 is 0 Å². The monoisotopic (exact) mass is 759 g/mol. The SMILES string of the molecule is CC(C)(C)c1cc(-c2ccc(-c3ccccc3)cn2)cc(-c2cccc3c2nc(-c2cc(C(C)(C)C)cc(C(C)(C)C)c2O)n3-c2ccccc2-c2ccccc2)c1. The molecule has 0 bridgehead atoms. The number of para-hydroxylation sites is 2. The van der Waals surface area contributed by atoms with Crippen molar-refractivity contribution >= 4 is 11.0 Å². The number of nitrogens with zero attached hydrogens (tertiary/aromatic N) is 3. The molecule has 58 heavy (non-hydrogen) atoms. The fourth-order valence-electron chi connectivity index (χ4n) is 7.83. The quantitative estimate of drug-likeness (QED) is 0.184. The zero-order valence-electron chi connectivity index (χ0n) is 35.2. The molecule has 0 spiro atoms. The number of fused-ring (bicyclic) bond motifs is 1. The van der Waals surface area contributed by atoms with Crippen molar-refractivity contribution in [2.24, 2.45) is 0 Å². The lowest BCUT2D eigenvalue weighted by Crippen LogP contribution is -2.17. The first-order chi connectivity index (χ1) is 27.6. The number of aromatic hydroxyl groups is 1. The van der Waals surface area contributed by atoms with Gasteiger partial charge in [-0.25, -0.2) is 4.98 Å². The molecular weight excluding hydrogens is 707 g/mol. The van der Waals surface area contributed by atoms with Crippen molar-refractivity contribution in [1.29, 1.82) is 0 Å². The highest BCUT2D eigenvalue weighted by molar-refractivity contribution is 5.98. The van der Waals surface area contributed by atoms with Crippen LogP contribution in [0, 0.1) is 0 Å². The fraction of sp³-hybridized carbons (Fsp3) is 0.222. The number of imidazole rings is 1. The number of hydrogen-bond donors (Lipinski definition) is 1. The van der Waals surface area contributed by atoms with Gasteiger partial charge in [0.15, 0.2) is 0 Å². The molecule has 0 saturated heterocycles. The summed E-state index contributed by atoms with van der Waals surface area (Å²) in [7, 11) is 0. The number of rotatable bonds is 6. The van der Waals surface area contributed by atoms with Gasteiger partial charge in [-0.1, -0.05) is 172 Å². The summed E-state index contributed by atoms with van der Waals surface area (Å²) in [5.41, 5.74) is 14.7. The minimum absolute atomic E-state index is 0.121. The summed E-state index contributed by atoms with van der Waals surface area (Å²) in [6.45, 7) is 19.9. The molecule has 4 nitrogen and oxygen atoms in total. The topological polar surface area (TPSA) is 50.9 Å². The van der Waals surface area contributed by atoms with Crippen molar-refractivity contribution in [2.75, 3.05) is 0 Å². The molecule has 0 atom stereocenters. The molecule has 0 aliphatic rings. The van der Waals surface area contributed by atoms with E-state index in [9.17, 15) is 5.11 Å². The Balaban J connectivity index is 1.42. The highest BCUT2D eigenvalue weighted by atomic mass is 16.3. The van der Waals surface area contributed by atoms with Gasteiger partial charge in [-0.15, -0.1) is 0 Å². The average Bonchev–Trinajstić information content (AvgIpc) is 3.60. The van der Waals surface area contributed by atoms with Crippen molar-refractivity contribution < 1.29 is 5.11 Å². The molecule has 6 aromatic carbocycles. The number of phenols is 1. The molecule has 0 unspecified atom stereocenters. The summed E-state index contributed by atoms with van der Waals surface area (Å²) in [5, 5.41) is 12.4. The first kappa shape index (κ1) is 38.6. The van der Waals surface area contributed by atoms with Gasteiger partial charge in [0.1, 0.15) is 11.6 Å². The van der Waals surface area contributed by atoms with Gasteiger partial charge in [0.2, 0.25) is 0 Å². The van der Waals surface area contributed by atoms with Crippen LogP contribution in [0.3, 0.4) is 0 Å². The Morgan fingerprint density at radius 3 is 1.71 bits per heavy atom. The average molecular weight is 760 g/mol. The van der Waals surface area contributed by atoms with Crippen LogP contribution < -0.4 is 0 Å². The molecule has 0 aliphatic heterocycles. The first-order valence-electron chi connectivity index (χ1n) is 20.3. The van der Waals surface area contributed by atoms with Gasteiger partial charge < -0.3 is 5.11 Å². The molecule has 8 aromatic rings. The maximum absolute atomic E-state index is 12.4. The van der Waals surface area contributed by atoms with E-state index in [4.69, 9.17) is 9.97 Å². The normalized spacial score (nSPS) is 12.3. The molecule has 4 heteroatoms. The molecule has 0 saturated carbocycles. The Morgan fingerprint density at radius 2 is 1.07 bits per heavy atom. The van der Waals surface area contributed by atoms with Gasteiger partial charge in [-0.3, -0.25) is 9.55 Å². The minimum atomic E-state index is -0.304. The van der Waals surface area contributed by atoms with Gasteiger partial charge in [0, 0.05) is 34.0 Å². The maximum atomic E-state index is 12.4. The van der Waals surface area contributed by atoms with Crippen molar-refractivity contribution in [3.63, 3.8) is 0 Å². The van der Waals surface area contributed by atoms with E-state index in [2.05, 4.69) is 200 Å². The van der Waals surface area contributed by atoms with E-state index in [1.54, 1.807) is 0 Å². The standard InChI is InChI=1S/C54H53N3O/c1-52(2,3)40-30-38(29-39(31-40)46-28-27-37(34-55-46)35-19-12-10-13-20-35)43-24-18-26-48-49(43)56-51(44-32-41(53(4,5)6)33-45(50(44)58)54(7,8)9)57(48)47-25-17-16-23-42(47)36-21-14-11-15-22-36/h10-34,58H,1-9H3. The summed E-state index contributed by atoms with van der Waals surface area (Å²) in [5.74, 6) is 0.961. The summed E-state index contributed by atoms with van der Waals surface area (Å²) >= 11 is 0. The van der Waals surface area contributed by atoms with E-state index >= 15 is 0 Å². The minimum Gasteiger partial charge on any atom is -0.507 e. The third-order valence-corrected chi connectivity index (χ3v) is 11.2. The molecule has 1 N–H and O–H groups in total. The third kappa shape index (κ3) is 7.36.